The molecule has 1 aromatic carbocycles. The Morgan fingerprint density at radius 1 is 1.53 bits per heavy atom. The van der Waals surface area contributed by atoms with E-state index in [1.807, 2.05) is 0 Å². The van der Waals surface area contributed by atoms with Gasteiger partial charge in [0.05, 0.1) is 17.7 Å². The summed E-state index contributed by atoms with van der Waals surface area (Å²) < 4.78 is 6.30. The minimum absolute atomic E-state index is 0.0215. The number of nitrogens with one attached hydrogen (secondary N) is 1. The van der Waals surface area contributed by atoms with Crippen LogP contribution in [-0.4, -0.2) is 35.8 Å². The number of ether oxygens (including phenoxy) is 1. The van der Waals surface area contributed by atoms with Gasteiger partial charge in [0.25, 0.3) is 5.91 Å². The molecular formula is C13H15BrN2O3. The lowest BCUT2D eigenvalue weighted by Crippen LogP contribution is -2.68. The molecule has 1 aromatic rings. The third-order valence-corrected chi connectivity index (χ3v) is 4.44. The number of phenols is 1. The zero-order chi connectivity index (χ0) is 13.6. The standard InChI is InChI=1S/C13H15BrN2O3/c14-6-1-2-9(17)8(5-6)13(18)16-11-10(15)7-3-4-19-12(7)11/h1-2,5,7,10-12,17H,3-4,15H2,(H,16,18). The van der Waals surface area contributed by atoms with Gasteiger partial charge in [0.2, 0.25) is 0 Å². The Hall–Kier alpha value is -1.11. The van der Waals surface area contributed by atoms with Crippen LogP contribution in [0.1, 0.15) is 16.8 Å². The van der Waals surface area contributed by atoms with Crippen LogP contribution in [0.4, 0.5) is 0 Å². The number of amides is 1. The van der Waals surface area contributed by atoms with Crippen molar-refractivity contribution >= 4 is 21.8 Å². The Bertz CT molecular complexity index is 523. The first-order valence-electron chi connectivity index (χ1n) is 6.24. The summed E-state index contributed by atoms with van der Waals surface area (Å²) in [5.74, 6) is -0.0212. The number of halogens is 1. The molecule has 102 valence electrons. The van der Waals surface area contributed by atoms with E-state index in [1.54, 1.807) is 12.1 Å². The highest BCUT2D eigenvalue weighted by Crippen LogP contribution is 2.38. The van der Waals surface area contributed by atoms with Gasteiger partial charge in [0.15, 0.2) is 0 Å². The fraction of sp³-hybridized carbons (Fsp3) is 0.462. The third kappa shape index (κ3) is 2.13. The highest BCUT2D eigenvalue weighted by atomic mass is 79.9. The molecule has 3 rings (SSSR count). The number of hydrogen-bond acceptors (Lipinski definition) is 4. The Morgan fingerprint density at radius 2 is 2.32 bits per heavy atom. The summed E-state index contributed by atoms with van der Waals surface area (Å²) in [4.78, 5) is 12.2. The molecule has 1 aliphatic carbocycles. The Labute approximate surface area is 119 Å². The zero-order valence-corrected chi connectivity index (χ0v) is 11.8. The van der Waals surface area contributed by atoms with E-state index >= 15 is 0 Å². The monoisotopic (exact) mass is 326 g/mol. The molecule has 6 heteroatoms. The number of fused-ring (bicyclic) bond motifs is 1. The number of benzene rings is 1. The summed E-state index contributed by atoms with van der Waals surface area (Å²) in [5.41, 5.74) is 6.27. The van der Waals surface area contributed by atoms with Crippen molar-refractivity contribution < 1.29 is 14.6 Å². The minimum Gasteiger partial charge on any atom is -0.507 e. The van der Waals surface area contributed by atoms with Crippen molar-refractivity contribution in [3.8, 4) is 5.75 Å². The SMILES string of the molecule is NC1C2CCOC2C1NC(=O)c1cc(Br)ccc1O. The maximum atomic E-state index is 12.2. The van der Waals surface area contributed by atoms with Crippen LogP contribution < -0.4 is 11.1 Å². The van der Waals surface area contributed by atoms with Crippen molar-refractivity contribution in [1.82, 2.24) is 5.32 Å². The van der Waals surface area contributed by atoms with Gasteiger partial charge in [-0.3, -0.25) is 4.79 Å². The molecule has 1 heterocycles. The fourth-order valence-corrected chi connectivity index (χ4v) is 3.21. The Balaban J connectivity index is 1.73. The maximum absolute atomic E-state index is 12.2. The molecule has 4 N–H and O–H groups in total. The molecule has 2 fully saturated rings. The number of aromatic hydroxyl groups is 1. The summed E-state index contributed by atoms with van der Waals surface area (Å²) in [6, 6.07) is 4.51. The van der Waals surface area contributed by atoms with E-state index in [0.29, 0.717) is 12.5 Å². The van der Waals surface area contributed by atoms with Crippen LogP contribution in [0.25, 0.3) is 0 Å². The Kier molecular flexibility index (Phi) is 3.24. The van der Waals surface area contributed by atoms with Gasteiger partial charge < -0.3 is 20.9 Å². The summed E-state index contributed by atoms with van der Waals surface area (Å²) >= 11 is 3.28. The van der Waals surface area contributed by atoms with Crippen LogP contribution in [0.3, 0.4) is 0 Å². The van der Waals surface area contributed by atoms with Gasteiger partial charge in [-0.05, 0) is 24.6 Å². The molecule has 4 atom stereocenters. The van der Waals surface area contributed by atoms with Crippen LogP contribution in [0, 0.1) is 5.92 Å². The van der Waals surface area contributed by atoms with E-state index < -0.39 is 0 Å². The molecule has 19 heavy (non-hydrogen) atoms. The number of phenolic OH excluding ortho intramolecular Hbond substituents is 1. The van der Waals surface area contributed by atoms with Crippen molar-refractivity contribution in [1.29, 1.82) is 0 Å². The second kappa shape index (κ2) is 4.77. The quantitative estimate of drug-likeness (QED) is 0.757. The van der Waals surface area contributed by atoms with Gasteiger partial charge in [-0.15, -0.1) is 0 Å². The average Bonchev–Trinajstić information content (AvgIpc) is 2.83. The molecule has 5 nitrogen and oxygen atoms in total. The lowest BCUT2D eigenvalue weighted by molar-refractivity contribution is -0.0161. The van der Waals surface area contributed by atoms with Crippen LogP contribution in [-0.2, 0) is 4.74 Å². The van der Waals surface area contributed by atoms with E-state index in [1.165, 1.54) is 6.07 Å². The number of nitrogens with two attached hydrogens (primary N) is 1. The van der Waals surface area contributed by atoms with E-state index in [4.69, 9.17) is 10.5 Å². The number of hydrogen-bond donors (Lipinski definition) is 3. The molecule has 1 saturated heterocycles. The number of carbonyl (C=O) groups excluding carboxylic acids is 1. The minimum atomic E-state index is -0.326. The van der Waals surface area contributed by atoms with Crippen molar-refractivity contribution in [2.24, 2.45) is 11.7 Å². The molecule has 0 spiro atoms. The molecule has 0 radical (unpaired) electrons. The van der Waals surface area contributed by atoms with E-state index in [2.05, 4.69) is 21.2 Å². The van der Waals surface area contributed by atoms with Gasteiger partial charge >= 0.3 is 0 Å². The fourth-order valence-electron chi connectivity index (χ4n) is 2.85. The second-order valence-electron chi connectivity index (χ2n) is 5.03. The van der Waals surface area contributed by atoms with Gasteiger partial charge in [-0.1, -0.05) is 15.9 Å². The highest BCUT2D eigenvalue weighted by molar-refractivity contribution is 9.10. The van der Waals surface area contributed by atoms with Crippen molar-refractivity contribution in [2.45, 2.75) is 24.6 Å². The van der Waals surface area contributed by atoms with Crippen molar-refractivity contribution in [2.75, 3.05) is 6.61 Å². The Morgan fingerprint density at radius 3 is 3.11 bits per heavy atom. The van der Waals surface area contributed by atoms with Crippen LogP contribution in [0.5, 0.6) is 5.75 Å². The number of rotatable bonds is 2. The predicted octanol–water partition coefficient (Wildman–Crippen LogP) is 0.999. The van der Waals surface area contributed by atoms with Crippen molar-refractivity contribution in [3.63, 3.8) is 0 Å². The molecule has 2 aliphatic rings. The molecular weight excluding hydrogens is 312 g/mol. The van der Waals surface area contributed by atoms with Crippen molar-refractivity contribution in [3.05, 3.63) is 28.2 Å². The van der Waals surface area contributed by atoms with E-state index in [9.17, 15) is 9.90 Å². The van der Waals surface area contributed by atoms with Crippen LogP contribution in [0.2, 0.25) is 0 Å². The second-order valence-corrected chi connectivity index (χ2v) is 5.94. The number of carbonyl (C=O) groups is 1. The summed E-state index contributed by atoms with van der Waals surface area (Å²) in [7, 11) is 0. The van der Waals surface area contributed by atoms with E-state index in [0.717, 1.165) is 10.9 Å². The van der Waals surface area contributed by atoms with E-state index in [-0.39, 0.29) is 35.4 Å². The lowest BCUT2D eigenvalue weighted by atomic mass is 9.72. The average molecular weight is 327 g/mol. The molecule has 1 saturated carbocycles. The maximum Gasteiger partial charge on any atom is 0.255 e. The molecule has 0 bridgehead atoms. The van der Waals surface area contributed by atoms with Gasteiger partial charge in [0, 0.05) is 23.0 Å². The van der Waals surface area contributed by atoms with Crippen LogP contribution >= 0.6 is 15.9 Å². The predicted molar refractivity (Wildman–Crippen MR) is 72.9 cm³/mol. The summed E-state index contributed by atoms with van der Waals surface area (Å²) in [6.45, 7) is 0.706. The van der Waals surface area contributed by atoms with Crippen LogP contribution in [0.15, 0.2) is 22.7 Å². The summed E-state index contributed by atoms with van der Waals surface area (Å²) in [5, 5.41) is 12.6. The summed E-state index contributed by atoms with van der Waals surface area (Å²) in [6.07, 6.45) is 0.980. The molecule has 0 aromatic heterocycles. The highest BCUT2D eigenvalue weighted by Gasteiger charge is 2.52. The molecule has 1 amide bonds. The lowest BCUT2D eigenvalue weighted by Gasteiger charge is -2.45. The van der Waals surface area contributed by atoms with Gasteiger partial charge in [0.1, 0.15) is 5.75 Å². The largest absolute Gasteiger partial charge is 0.507 e. The third-order valence-electron chi connectivity index (χ3n) is 3.95. The smallest absolute Gasteiger partial charge is 0.255 e. The van der Waals surface area contributed by atoms with Gasteiger partial charge in [-0.25, -0.2) is 0 Å². The zero-order valence-electron chi connectivity index (χ0n) is 10.2. The van der Waals surface area contributed by atoms with Gasteiger partial charge in [-0.2, -0.15) is 0 Å². The molecule has 4 unspecified atom stereocenters. The first kappa shape index (κ1) is 12.9. The molecule has 1 aliphatic heterocycles. The first-order chi connectivity index (χ1) is 9.08. The normalized spacial score (nSPS) is 32.5. The topological polar surface area (TPSA) is 84.6 Å². The first-order valence-corrected chi connectivity index (χ1v) is 7.04.